The van der Waals surface area contributed by atoms with E-state index in [2.05, 4.69) is 44.9 Å². The Labute approximate surface area is 246 Å². The van der Waals surface area contributed by atoms with Crippen LogP contribution in [0, 0.1) is 0 Å². The van der Waals surface area contributed by atoms with Gasteiger partial charge in [-0.1, -0.05) is 51.1 Å². The summed E-state index contributed by atoms with van der Waals surface area (Å²) >= 11 is 0. The summed E-state index contributed by atoms with van der Waals surface area (Å²) in [5.41, 5.74) is 4.46. The highest BCUT2D eigenvalue weighted by atomic mass is 28.4. The minimum absolute atomic E-state index is 0.0511. The third kappa shape index (κ3) is 7.46. The average Bonchev–Trinajstić information content (AvgIpc) is 2.95. The summed E-state index contributed by atoms with van der Waals surface area (Å²) in [4.78, 5) is 18.7. The van der Waals surface area contributed by atoms with E-state index in [-0.39, 0.29) is 23.2 Å². The Bertz CT molecular complexity index is 1330. The Morgan fingerprint density at radius 3 is 2.61 bits per heavy atom. The highest BCUT2D eigenvalue weighted by molar-refractivity contribution is 6.74. The van der Waals surface area contributed by atoms with Gasteiger partial charge < -0.3 is 23.7 Å². The molecule has 3 aromatic rings. The van der Waals surface area contributed by atoms with Crippen molar-refractivity contribution in [2.24, 2.45) is 0 Å². The second-order valence-electron chi connectivity index (χ2n) is 12.4. The van der Waals surface area contributed by atoms with Crippen molar-refractivity contribution in [3.8, 4) is 16.9 Å². The van der Waals surface area contributed by atoms with Gasteiger partial charge in [0.1, 0.15) is 11.9 Å². The van der Waals surface area contributed by atoms with Gasteiger partial charge in [0.25, 0.3) is 0 Å². The molecule has 4 rings (SSSR count). The number of carbonyl (C=O) groups excluding carboxylic acids is 1. The molecule has 2 atom stereocenters. The Kier molecular flexibility index (Phi) is 9.74. The zero-order chi connectivity index (χ0) is 29.8. The van der Waals surface area contributed by atoms with Crippen molar-refractivity contribution in [2.75, 3.05) is 20.2 Å². The van der Waals surface area contributed by atoms with E-state index in [4.69, 9.17) is 13.9 Å². The van der Waals surface area contributed by atoms with E-state index < -0.39 is 15.4 Å². The number of hydrogen-bond acceptors (Lipinski definition) is 7. The Hall–Kier alpha value is -2.98. The number of hydrogen-bond donors (Lipinski definition) is 1. The lowest BCUT2D eigenvalue weighted by Gasteiger charge is -2.41. The van der Waals surface area contributed by atoms with Crippen LogP contribution in [-0.4, -0.2) is 62.5 Å². The van der Waals surface area contributed by atoms with Crippen LogP contribution in [0.4, 0.5) is 0 Å². The normalized spacial score (nSPS) is 16.1. The minimum Gasteiger partial charge on any atom is -0.489 e. The summed E-state index contributed by atoms with van der Waals surface area (Å²) in [5.74, 6) is 0.488. The van der Waals surface area contributed by atoms with Gasteiger partial charge in [-0.15, -0.1) is 0 Å². The van der Waals surface area contributed by atoms with E-state index in [9.17, 15) is 9.82 Å². The van der Waals surface area contributed by atoms with Crippen LogP contribution in [0.1, 0.15) is 54.8 Å². The van der Waals surface area contributed by atoms with E-state index in [1.807, 2.05) is 53.5 Å². The SMILES string of the molecule is COC(=O)c1ccccc1-c1ccc2c(c1)CC[C@H](CN(C[C@H](O[Si](C)(C)C(C)(C)C)c1cccnc1)B(C)O)O2. The fourth-order valence-corrected chi connectivity index (χ4v) is 6.20. The number of ether oxygens (including phenoxy) is 2. The van der Waals surface area contributed by atoms with E-state index in [1.54, 1.807) is 19.1 Å². The van der Waals surface area contributed by atoms with E-state index in [0.29, 0.717) is 18.7 Å². The molecule has 0 saturated carbocycles. The number of rotatable bonds is 10. The molecule has 0 unspecified atom stereocenters. The second kappa shape index (κ2) is 12.9. The van der Waals surface area contributed by atoms with Gasteiger partial charge in [-0.25, -0.2) is 4.79 Å². The van der Waals surface area contributed by atoms with Crippen LogP contribution in [-0.2, 0) is 15.6 Å². The molecule has 0 aliphatic carbocycles. The zero-order valence-corrected chi connectivity index (χ0v) is 26.4. The van der Waals surface area contributed by atoms with E-state index >= 15 is 0 Å². The van der Waals surface area contributed by atoms with Crippen molar-refractivity contribution in [3.05, 3.63) is 83.7 Å². The summed E-state index contributed by atoms with van der Waals surface area (Å²) in [5, 5.41) is 10.9. The maximum atomic E-state index is 12.3. The summed E-state index contributed by atoms with van der Waals surface area (Å²) in [7, 11) is -1.37. The molecular weight excluding hydrogens is 531 g/mol. The average molecular weight is 575 g/mol. The lowest BCUT2D eigenvalue weighted by molar-refractivity contribution is 0.0601. The minimum atomic E-state index is -2.10. The lowest BCUT2D eigenvalue weighted by atomic mass is 9.83. The molecule has 2 heterocycles. The number of nitrogens with zero attached hydrogens (tertiary/aromatic N) is 2. The molecular formula is C32H43BN2O5Si. The monoisotopic (exact) mass is 574 g/mol. The molecule has 0 saturated heterocycles. The van der Waals surface area contributed by atoms with Crippen LogP contribution in [0.5, 0.6) is 5.75 Å². The van der Waals surface area contributed by atoms with Gasteiger partial charge in [-0.05, 0) is 84.3 Å². The number of methoxy groups -OCH3 is 1. The molecule has 1 aromatic heterocycles. The van der Waals surface area contributed by atoms with E-state index in [0.717, 1.165) is 40.8 Å². The summed E-state index contributed by atoms with van der Waals surface area (Å²) in [6.07, 6.45) is 5.00. The molecule has 0 spiro atoms. The number of aromatic nitrogens is 1. The van der Waals surface area contributed by atoms with Gasteiger partial charge in [0.15, 0.2) is 8.32 Å². The number of esters is 1. The van der Waals surface area contributed by atoms with Crippen LogP contribution in [0.3, 0.4) is 0 Å². The molecule has 1 aliphatic rings. The predicted octanol–water partition coefficient (Wildman–Crippen LogP) is 6.40. The quantitative estimate of drug-likeness (QED) is 0.222. The Morgan fingerprint density at radius 2 is 1.95 bits per heavy atom. The topological polar surface area (TPSA) is 81.1 Å². The van der Waals surface area contributed by atoms with Crippen molar-refractivity contribution < 1.29 is 23.7 Å². The van der Waals surface area contributed by atoms with Crippen molar-refractivity contribution in [2.45, 2.75) is 70.8 Å². The highest BCUT2D eigenvalue weighted by Gasteiger charge is 2.40. The summed E-state index contributed by atoms with van der Waals surface area (Å²) in [6, 6.07) is 17.5. The molecule has 0 bridgehead atoms. The van der Waals surface area contributed by atoms with Crippen molar-refractivity contribution >= 4 is 21.3 Å². The lowest BCUT2D eigenvalue weighted by Crippen LogP contribution is -2.49. The fraction of sp³-hybridized carbons (Fsp3) is 0.438. The second-order valence-corrected chi connectivity index (χ2v) is 17.1. The molecule has 9 heteroatoms. The molecule has 7 nitrogen and oxygen atoms in total. The van der Waals surface area contributed by atoms with Gasteiger partial charge >= 0.3 is 13.0 Å². The largest absolute Gasteiger partial charge is 0.489 e. The zero-order valence-electron chi connectivity index (χ0n) is 25.4. The highest BCUT2D eigenvalue weighted by Crippen LogP contribution is 2.40. The van der Waals surface area contributed by atoms with Crippen molar-refractivity contribution in [3.63, 3.8) is 0 Å². The molecule has 0 fully saturated rings. The standard InChI is InChI=1S/C32H43BN2O5Si/c1-32(2,3)41(6,7)40-30(25-11-10-18-34-20-25)22-35(33(4)37)21-26-16-14-24-19-23(15-17-29(24)39-26)27-12-8-9-13-28(27)31(36)38-5/h8-13,15,17-20,26,30,37H,14,16,21-22H2,1-7H3/t26-,30+/m1/s1. The van der Waals surface area contributed by atoms with Crippen molar-refractivity contribution in [1.82, 2.24) is 9.79 Å². The maximum absolute atomic E-state index is 12.3. The van der Waals surface area contributed by atoms with Crippen LogP contribution < -0.4 is 4.74 Å². The van der Waals surface area contributed by atoms with Gasteiger partial charge in [0, 0.05) is 25.5 Å². The van der Waals surface area contributed by atoms with E-state index in [1.165, 1.54) is 7.11 Å². The van der Waals surface area contributed by atoms with Crippen molar-refractivity contribution in [1.29, 1.82) is 0 Å². The van der Waals surface area contributed by atoms with Gasteiger partial charge in [-0.3, -0.25) is 4.98 Å². The van der Waals surface area contributed by atoms with Crippen LogP contribution >= 0.6 is 0 Å². The molecule has 2 aromatic carbocycles. The number of benzene rings is 2. The first kappa shape index (κ1) is 31.0. The Balaban J connectivity index is 1.51. The summed E-state index contributed by atoms with van der Waals surface area (Å²) in [6.45, 7) is 14.1. The number of aryl methyl sites for hydroxylation is 1. The van der Waals surface area contributed by atoms with Gasteiger partial charge in [-0.2, -0.15) is 0 Å². The predicted molar refractivity (Wildman–Crippen MR) is 167 cm³/mol. The molecule has 218 valence electrons. The van der Waals surface area contributed by atoms with Crippen LogP contribution in [0.2, 0.25) is 25.0 Å². The first-order valence-corrected chi connectivity index (χ1v) is 17.3. The van der Waals surface area contributed by atoms with Crippen LogP contribution in [0.25, 0.3) is 11.1 Å². The Morgan fingerprint density at radius 1 is 1.20 bits per heavy atom. The number of pyridine rings is 1. The fourth-order valence-electron chi connectivity index (χ4n) is 4.93. The molecule has 41 heavy (non-hydrogen) atoms. The number of fused-ring (bicyclic) bond motifs is 1. The molecule has 1 N–H and O–H groups in total. The smallest absolute Gasteiger partial charge is 0.376 e. The third-order valence-electron chi connectivity index (χ3n) is 8.40. The van der Waals surface area contributed by atoms with Gasteiger partial charge in [0.2, 0.25) is 0 Å². The summed E-state index contributed by atoms with van der Waals surface area (Å²) < 4.78 is 18.3. The molecule has 1 aliphatic heterocycles. The van der Waals surface area contributed by atoms with Gasteiger partial charge in [0.05, 0.1) is 18.8 Å². The molecule has 0 radical (unpaired) electrons. The maximum Gasteiger partial charge on any atom is 0.376 e. The first-order valence-electron chi connectivity index (χ1n) is 14.4. The van der Waals surface area contributed by atoms with Crippen LogP contribution in [0.15, 0.2) is 67.0 Å². The number of carbonyl (C=O) groups is 1. The molecule has 0 amide bonds. The first-order chi connectivity index (χ1) is 19.4. The third-order valence-corrected chi connectivity index (χ3v) is 12.9.